The van der Waals surface area contributed by atoms with Gasteiger partial charge in [-0.25, -0.2) is 14.4 Å². The van der Waals surface area contributed by atoms with Crippen molar-refractivity contribution in [2.24, 2.45) is 0 Å². The number of carbonyl (C=O) groups is 4. The highest BCUT2D eigenvalue weighted by Gasteiger charge is 2.26. The maximum absolute atomic E-state index is 11.7. The molecule has 0 radical (unpaired) electrons. The van der Waals surface area contributed by atoms with Gasteiger partial charge in [-0.2, -0.15) is 0 Å². The second-order valence-corrected chi connectivity index (χ2v) is 8.52. The minimum atomic E-state index is -0.623. The van der Waals surface area contributed by atoms with Crippen LogP contribution in [0.5, 0.6) is 23.0 Å². The topological polar surface area (TPSA) is 105 Å². The number of benzene rings is 2. The highest BCUT2D eigenvalue weighted by Crippen LogP contribution is 2.43. The number of allylic oxidation sites excluding steroid dienone is 1. The maximum atomic E-state index is 11.7. The average Bonchev–Trinajstić information content (AvgIpc) is 2.93. The zero-order valence-corrected chi connectivity index (χ0v) is 21.9. The number of carbonyl (C=O) groups excluding carboxylic acids is 4. The van der Waals surface area contributed by atoms with Crippen LogP contribution in [0.2, 0.25) is 0 Å². The summed E-state index contributed by atoms with van der Waals surface area (Å²) < 4.78 is 20.8. The van der Waals surface area contributed by atoms with Gasteiger partial charge in [0.05, 0.1) is 0 Å². The lowest BCUT2D eigenvalue weighted by atomic mass is 9.76. The molecule has 1 aliphatic rings. The molecular weight excluding hydrogens is 500 g/mol. The van der Waals surface area contributed by atoms with E-state index in [1.807, 2.05) is 6.92 Å². The highest BCUT2D eigenvalue weighted by molar-refractivity contribution is 5.85. The Kier molecular flexibility index (Phi) is 12.1. The van der Waals surface area contributed by atoms with Crippen LogP contribution in [-0.4, -0.2) is 24.4 Å². The molecular formula is C31H32O8. The molecule has 0 saturated heterocycles. The smallest absolute Gasteiger partial charge is 0.335 e. The number of hydrogen-bond acceptors (Lipinski definition) is 8. The Hall–Kier alpha value is -4.72. The molecule has 0 heterocycles. The minimum Gasteiger partial charge on any atom is -0.429 e. The first-order valence-corrected chi connectivity index (χ1v) is 12.3. The molecule has 2 aromatic rings. The summed E-state index contributed by atoms with van der Waals surface area (Å²) in [6, 6.07) is 9.95. The number of rotatable bonds is 10. The van der Waals surface area contributed by atoms with Gasteiger partial charge in [0.1, 0.15) is 23.0 Å². The summed E-state index contributed by atoms with van der Waals surface area (Å²) in [5.41, 5.74) is 1.75. The molecule has 1 saturated carbocycles. The van der Waals surface area contributed by atoms with E-state index in [1.54, 1.807) is 30.3 Å². The Bertz CT molecular complexity index is 1190. The van der Waals surface area contributed by atoms with Gasteiger partial charge in [0.15, 0.2) is 0 Å². The third kappa shape index (κ3) is 9.59. The quantitative estimate of drug-likeness (QED) is 0.118. The molecule has 0 unspecified atom stereocenters. The van der Waals surface area contributed by atoms with Crippen molar-refractivity contribution < 1.29 is 38.1 Å². The van der Waals surface area contributed by atoms with E-state index in [-0.39, 0.29) is 34.8 Å². The van der Waals surface area contributed by atoms with E-state index in [9.17, 15) is 19.2 Å². The summed E-state index contributed by atoms with van der Waals surface area (Å²) in [7, 11) is 0. The van der Waals surface area contributed by atoms with Crippen LogP contribution in [-0.2, 0) is 19.2 Å². The maximum Gasteiger partial charge on any atom is 0.335 e. The number of ether oxygens (including phenoxy) is 4. The lowest BCUT2D eigenvalue weighted by Gasteiger charge is -2.29. The first-order valence-electron chi connectivity index (χ1n) is 12.3. The molecule has 0 spiro atoms. The van der Waals surface area contributed by atoms with Crippen LogP contribution < -0.4 is 18.9 Å². The first kappa shape index (κ1) is 30.5. The predicted molar refractivity (Wildman–Crippen MR) is 147 cm³/mol. The van der Waals surface area contributed by atoms with Crippen molar-refractivity contribution >= 4 is 24.4 Å². The lowest BCUT2D eigenvalue weighted by Crippen LogP contribution is -2.14. The van der Waals surface area contributed by atoms with Crippen LogP contribution in [0.4, 0.5) is 0 Å². The van der Waals surface area contributed by atoms with Crippen molar-refractivity contribution in [1.29, 1.82) is 0 Å². The van der Waals surface area contributed by atoms with Gasteiger partial charge in [0, 0.05) is 30.4 Å². The molecule has 204 valence electrons. The average molecular weight is 533 g/mol. The SMILES string of the molecule is C=CC.C=CC(=O)Oc1cc(OC=O)cc(C2CCC(c3cc(OC(=O)C=C)cc(OC(=O)C=C)c3)CC2)c1. The van der Waals surface area contributed by atoms with Crippen molar-refractivity contribution in [1.82, 2.24) is 0 Å². The highest BCUT2D eigenvalue weighted by atomic mass is 16.5. The molecule has 8 nitrogen and oxygen atoms in total. The predicted octanol–water partition coefficient (Wildman–Crippen LogP) is 6.13. The van der Waals surface area contributed by atoms with Crippen LogP contribution in [0, 0.1) is 0 Å². The fraction of sp³-hybridized carbons (Fsp3) is 0.226. The van der Waals surface area contributed by atoms with Gasteiger partial charge >= 0.3 is 17.9 Å². The normalized spacial score (nSPS) is 15.7. The zero-order chi connectivity index (χ0) is 28.8. The molecule has 0 N–H and O–H groups in total. The number of esters is 3. The van der Waals surface area contributed by atoms with Crippen molar-refractivity contribution in [2.75, 3.05) is 0 Å². The summed E-state index contributed by atoms with van der Waals surface area (Å²) in [6.45, 7) is 15.8. The van der Waals surface area contributed by atoms with Gasteiger partial charge in [0.25, 0.3) is 6.47 Å². The van der Waals surface area contributed by atoms with E-state index in [1.165, 1.54) is 12.1 Å². The lowest BCUT2D eigenvalue weighted by molar-refractivity contribution is -0.130. The third-order valence-corrected chi connectivity index (χ3v) is 5.81. The van der Waals surface area contributed by atoms with Crippen molar-refractivity contribution in [3.63, 3.8) is 0 Å². The summed E-state index contributed by atoms with van der Waals surface area (Å²) >= 11 is 0. The Balaban J connectivity index is 0.00000170. The van der Waals surface area contributed by atoms with Crippen molar-refractivity contribution in [2.45, 2.75) is 44.4 Å². The molecule has 39 heavy (non-hydrogen) atoms. The van der Waals surface area contributed by atoms with E-state index in [0.717, 1.165) is 55.0 Å². The van der Waals surface area contributed by atoms with E-state index in [2.05, 4.69) is 26.3 Å². The largest absolute Gasteiger partial charge is 0.429 e. The molecule has 2 aromatic carbocycles. The van der Waals surface area contributed by atoms with Gasteiger partial charge in [0.2, 0.25) is 0 Å². The van der Waals surface area contributed by atoms with E-state index >= 15 is 0 Å². The standard InChI is InChI=1S/C28H26O8.C3H6/c1-4-26(30)34-23-12-20(11-22(15-23)33-17-29)18-7-9-19(10-8-18)21-13-24(35-27(31)5-2)16-25(14-21)36-28(32)6-3;1-3-2/h4-6,11-19H,1-3,7-10H2;3H,1H2,2H3. The Morgan fingerprint density at radius 3 is 1.26 bits per heavy atom. The van der Waals surface area contributed by atoms with Gasteiger partial charge in [-0.05, 0) is 79.8 Å². The van der Waals surface area contributed by atoms with Crippen LogP contribution in [0.1, 0.15) is 55.6 Å². The molecule has 3 rings (SSSR count). The summed E-state index contributed by atoms with van der Waals surface area (Å²) in [4.78, 5) is 45.9. The molecule has 0 atom stereocenters. The van der Waals surface area contributed by atoms with Gasteiger partial charge in [-0.15, -0.1) is 6.58 Å². The van der Waals surface area contributed by atoms with Crippen LogP contribution in [0.3, 0.4) is 0 Å². The van der Waals surface area contributed by atoms with Crippen molar-refractivity contribution in [3.05, 3.63) is 98.1 Å². The molecule has 1 aliphatic carbocycles. The van der Waals surface area contributed by atoms with E-state index in [0.29, 0.717) is 6.47 Å². The fourth-order valence-electron chi connectivity index (χ4n) is 4.19. The monoisotopic (exact) mass is 532 g/mol. The van der Waals surface area contributed by atoms with Gasteiger partial charge < -0.3 is 18.9 Å². The molecule has 8 heteroatoms. The minimum absolute atomic E-state index is 0.122. The summed E-state index contributed by atoms with van der Waals surface area (Å²) in [5.74, 6) is -0.557. The van der Waals surface area contributed by atoms with Crippen LogP contribution in [0.15, 0.2) is 87.0 Å². The molecule has 0 aromatic heterocycles. The Labute approximate surface area is 228 Å². The third-order valence-electron chi connectivity index (χ3n) is 5.81. The Morgan fingerprint density at radius 1 is 0.641 bits per heavy atom. The van der Waals surface area contributed by atoms with E-state index < -0.39 is 17.9 Å². The summed E-state index contributed by atoms with van der Waals surface area (Å²) in [6.07, 6.45) is 8.08. The molecule has 1 fully saturated rings. The van der Waals surface area contributed by atoms with Gasteiger partial charge in [-0.3, -0.25) is 4.79 Å². The molecule has 0 aliphatic heterocycles. The van der Waals surface area contributed by atoms with Crippen LogP contribution in [0.25, 0.3) is 0 Å². The fourth-order valence-corrected chi connectivity index (χ4v) is 4.19. The molecule has 0 bridgehead atoms. The second kappa shape index (κ2) is 15.5. The van der Waals surface area contributed by atoms with Crippen LogP contribution >= 0.6 is 0 Å². The zero-order valence-electron chi connectivity index (χ0n) is 21.9. The second-order valence-electron chi connectivity index (χ2n) is 8.52. The summed E-state index contributed by atoms with van der Waals surface area (Å²) in [5, 5.41) is 0. The van der Waals surface area contributed by atoms with Crippen molar-refractivity contribution in [3.8, 4) is 23.0 Å². The molecule has 0 amide bonds. The van der Waals surface area contributed by atoms with E-state index in [4.69, 9.17) is 18.9 Å². The Morgan fingerprint density at radius 2 is 0.949 bits per heavy atom. The number of hydrogen-bond donors (Lipinski definition) is 0. The first-order chi connectivity index (χ1) is 18.8. The van der Waals surface area contributed by atoms with Gasteiger partial charge in [-0.1, -0.05) is 25.8 Å².